The first-order chi connectivity index (χ1) is 7.63. The average Bonchev–Trinajstić information content (AvgIpc) is 2.15. The molecule has 0 bridgehead atoms. The van der Waals surface area contributed by atoms with Crippen LogP contribution in [-0.2, 0) is 0 Å². The molecule has 0 fully saturated rings. The van der Waals surface area contributed by atoms with Gasteiger partial charge in [-0.2, -0.15) is 0 Å². The zero-order valence-electron chi connectivity index (χ0n) is 9.14. The van der Waals surface area contributed by atoms with E-state index in [1.807, 2.05) is 19.9 Å². The molecule has 4 nitrogen and oxygen atoms in total. The minimum atomic E-state index is 0.155. The Bertz CT molecular complexity index is 492. The Kier molecular flexibility index (Phi) is 2.72. The van der Waals surface area contributed by atoms with Gasteiger partial charge in [-0.15, -0.1) is 0 Å². The van der Waals surface area contributed by atoms with Crippen LogP contribution in [0.4, 0.5) is 0 Å². The van der Waals surface area contributed by atoms with Gasteiger partial charge in [-0.05, 0) is 32.0 Å². The second-order valence-corrected chi connectivity index (χ2v) is 3.53. The van der Waals surface area contributed by atoms with Crippen molar-refractivity contribution in [2.45, 2.75) is 13.8 Å². The average molecular weight is 216 g/mol. The van der Waals surface area contributed by atoms with E-state index >= 15 is 0 Å². The van der Waals surface area contributed by atoms with Crippen LogP contribution in [0, 0.1) is 13.8 Å². The van der Waals surface area contributed by atoms with Crippen molar-refractivity contribution < 1.29 is 9.84 Å². The van der Waals surface area contributed by atoms with Crippen molar-refractivity contribution in [1.82, 2.24) is 9.97 Å². The molecule has 0 saturated carbocycles. The first-order valence-corrected chi connectivity index (χ1v) is 4.92. The largest absolute Gasteiger partial charge is 0.508 e. The molecule has 16 heavy (non-hydrogen) atoms. The molecule has 0 unspecified atom stereocenters. The number of phenolic OH excluding ortho intramolecular Hbond substituents is 1. The highest BCUT2D eigenvalue weighted by molar-refractivity contribution is 5.33. The highest BCUT2D eigenvalue weighted by Crippen LogP contribution is 2.22. The van der Waals surface area contributed by atoms with Crippen LogP contribution in [0.15, 0.2) is 30.3 Å². The molecule has 1 aromatic carbocycles. The predicted octanol–water partition coefficient (Wildman–Crippen LogP) is 2.59. The summed E-state index contributed by atoms with van der Waals surface area (Å²) >= 11 is 0. The monoisotopic (exact) mass is 216 g/mol. The van der Waals surface area contributed by atoms with Crippen molar-refractivity contribution in [2.24, 2.45) is 0 Å². The Morgan fingerprint density at radius 2 is 1.75 bits per heavy atom. The van der Waals surface area contributed by atoms with Gasteiger partial charge >= 0.3 is 6.01 Å². The number of hydrogen-bond acceptors (Lipinski definition) is 4. The van der Waals surface area contributed by atoms with Crippen LogP contribution < -0.4 is 4.74 Å². The van der Waals surface area contributed by atoms with Crippen molar-refractivity contribution in [3.05, 3.63) is 41.7 Å². The third kappa shape index (κ3) is 2.48. The maximum absolute atomic E-state index is 9.28. The highest BCUT2D eigenvalue weighted by Gasteiger charge is 2.02. The lowest BCUT2D eigenvalue weighted by Crippen LogP contribution is -1.95. The molecule has 82 valence electrons. The van der Waals surface area contributed by atoms with Gasteiger partial charge in [-0.1, -0.05) is 6.07 Å². The van der Waals surface area contributed by atoms with Crippen molar-refractivity contribution in [3.8, 4) is 17.5 Å². The van der Waals surface area contributed by atoms with Crippen LogP contribution in [0.1, 0.15) is 11.4 Å². The molecule has 0 radical (unpaired) electrons. The van der Waals surface area contributed by atoms with E-state index < -0.39 is 0 Å². The van der Waals surface area contributed by atoms with E-state index in [1.165, 1.54) is 6.07 Å². The van der Waals surface area contributed by atoms with E-state index in [0.717, 1.165) is 11.4 Å². The topological polar surface area (TPSA) is 55.2 Å². The SMILES string of the molecule is Cc1cc(C)nc(Oc2cccc(O)c2)n1. The number of phenols is 1. The number of nitrogens with zero attached hydrogens (tertiary/aromatic N) is 2. The summed E-state index contributed by atoms with van der Waals surface area (Å²) in [5.74, 6) is 0.673. The third-order valence-electron chi connectivity index (χ3n) is 1.99. The standard InChI is InChI=1S/C12H12N2O2/c1-8-6-9(2)14-12(13-8)16-11-5-3-4-10(15)7-11/h3-7,15H,1-2H3. The van der Waals surface area contributed by atoms with Crippen LogP contribution in [0.5, 0.6) is 17.5 Å². The number of ether oxygens (including phenoxy) is 1. The fraction of sp³-hybridized carbons (Fsp3) is 0.167. The van der Waals surface area contributed by atoms with Gasteiger partial charge < -0.3 is 9.84 Å². The van der Waals surface area contributed by atoms with Gasteiger partial charge in [0, 0.05) is 17.5 Å². The molecular formula is C12H12N2O2. The first-order valence-electron chi connectivity index (χ1n) is 4.92. The van der Waals surface area contributed by atoms with Crippen molar-refractivity contribution in [1.29, 1.82) is 0 Å². The van der Waals surface area contributed by atoms with Crippen LogP contribution >= 0.6 is 0 Å². The molecule has 1 aromatic heterocycles. The van der Waals surface area contributed by atoms with Gasteiger partial charge in [0.05, 0.1) is 0 Å². The summed E-state index contributed by atoms with van der Waals surface area (Å²) in [5.41, 5.74) is 1.70. The third-order valence-corrected chi connectivity index (χ3v) is 1.99. The summed E-state index contributed by atoms with van der Waals surface area (Å²) in [6.45, 7) is 3.76. The minimum absolute atomic E-state index is 0.155. The number of benzene rings is 1. The maximum Gasteiger partial charge on any atom is 0.322 e. The fourth-order valence-electron chi connectivity index (χ4n) is 1.39. The molecule has 1 N–H and O–H groups in total. The Labute approximate surface area is 93.6 Å². The molecule has 0 saturated heterocycles. The number of rotatable bonds is 2. The van der Waals surface area contributed by atoms with Crippen LogP contribution in [0.25, 0.3) is 0 Å². The van der Waals surface area contributed by atoms with E-state index in [1.54, 1.807) is 18.2 Å². The lowest BCUT2D eigenvalue weighted by molar-refractivity contribution is 0.429. The molecule has 0 spiro atoms. The summed E-state index contributed by atoms with van der Waals surface area (Å²) in [5, 5.41) is 9.28. The van der Waals surface area contributed by atoms with Gasteiger partial charge in [0.2, 0.25) is 0 Å². The predicted molar refractivity (Wildman–Crippen MR) is 59.7 cm³/mol. The molecule has 4 heteroatoms. The molecule has 0 aliphatic rings. The van der Waals surface area contributed by atoms with E-state index in [2.05, 4.69) is 9.97 Å². The molecule has 1 heterocycles. The molecule has 2 aromatic rings. The fourth-order valence-corrected chi connectivity index (χ4v) is 1.39. The van der Waals surface area contributed by atoms with E-state index in [4.69, 9.17) is 4.74 Å². The highest BCUT2D eigenvalue weighted by atomic mass is 16.5. The molecule has 0 atom stereocenters. The minimum Gasteiger partial charge on any atom is -0.508 e. The molecule has 2 rings (SSSR count). The maximum atomic E-state index is 9.28. The van der Waals surface area contributed by atoms with Gasteiger partial charge in [-0.25, -0.2) is 9.97 Å². The first kappa shape index (κ1) is 10.4. The Balaban J connectivity index is 2.27. The number of aromatic nitrogens is 2. The lowest BCUT2D eigenvalue weighted by atomic mass is 10.3. The zero-order valence-corrected chi connectivity index (χ0v) is 9.14. The lowest BCUT2D eigenvalue weighted by Gasteiger charge is -2.05. The van der Waals surface area contributed by atoms with Crippen molar-refractivity contribution >= 4 is 0 Å². The van der Waals surface area contributed by atoms with E-state index in [9.17, 15) is 5.11 Å². The Morgan fingerprint density at radius 1 is 1.06 bits per heavy atom. The summed E-state index contributed by atoms with van der Waals surface area (Å²) in [4.78, 5) is 8.29. The summed E-state index contributed by atoms with van der Waals surface area (Å²) < 4.78 is 5.44. The van der Waals surface area contributed by atoms with Crippen LogP contribution in [0.3, 0.4) is 0 Å². The molecule has 0 aliphatic carbocycles. The second kappa shape index (κ2) is 4.18. The van der Waals surface area contributed by atoms with Crippen molar-refractivity contribution in [3.63, 3.8) is 0 Å². The normalized spacial score (nSPS) is 10.1. The second-order valence-electron chi connectivity index (χ2n) is 3.53. The van der Waals surface area contributed by atoms with Gasteiger partial charge in [0.25, 0.3) is 0 Å². The zero-order chi connectivity index (χ0) is 11.5. The summed E-state index contributed by atoms with van der Waals surface area (Å²) in [6, 6.07) is 8.70. The van der Waals surface area contributed by atoms with Gasteiger partial charge in [-0.3, -0.25) is 0 Å². The number of hydrogen-bond donors (Lipinski definition) is 1. The van der Waals surface area contributed by atoms with Crippen molar-refractivity contribution in [2.75, 3.05) is 0 Å². The van der Waals surface area contributed by atoms with Crippen LogP contribution in [0.2, 0.25) is 0 Å². The molecular weight excluding hydrogens is 204 g/mol. The summed E-state index contributed by atoms with van der Waals surface area (Å²) in [7, 11) is 0. The number of aryl methyl sites for hydroxylation is 2. The summed E-state index contributed by atoms with van der Waals surface area (Å²) in [6.07, 6.45) is 0. The van der Waals surface area contributed by atoms with Gasteiger partial charge in [0.1, 0.15) is 11.5 Å². The molecule has 0 amide bonds. The smallest absolute Gasteiger partial charge is 0.322 e. The number of aromatic hydroxyl groups is 1. The Morgan fingerprint density at radius 3 is 2.38 bits per heavy atom. The molecule has 0 aliphatic heterocycles. The van der Waals surface area contributed by atoms with Crippen LogP contribution in [-0.4, -0.2) is 15.1 Å². The van der Waals surface area contributed by atoms with Gasteiger partial charge in [0.15, 0.2) is 0 Å². The quantitative estimate of drug-likeness (QED) is 0.838. The Hall–Kier alpha value is -2.10. The van der Waals surface area contributed by atoms with E-state index in [-0.39, 0.29) is 5.75 Å². The van der Waals surface area contributed by atoms with E-state index in [0.29, 0.717) is 11.8 Å².